The van der Waals surface area contributed by atoms with E-state index in [1.165, 1.54) is 11.3 Å². The molecule has 24 heavy (non-hydrogen) atoms. The van der Waals surface area contributed by atoms with Gasteiger partial charge in [-0.25, -0.2) is 4.79 Å². The fourth-order valence-corrected chi connectivity index (χ4v) is 3.66. The van der Waals surface area contributed by atoms with Gasteiger partial charge in [0.15, 0.2) is 5.58 Å². The van der Waals surface area contributed by atoms with Crippen molar-refractivity contribution in [2.45, 2.75) is 32.4 Å². The third-order valence-electron chi connectivity index (χ3n) is 5.10. The summed E-state index contributed by atoms with van der Waals surface area (Å²) >= 11 is 0. The van der Waals surface area contributed by atoms with Gasteiger partial charge in [-0.05, 0) is 38.4 Å². The predicted octanol–water partition coefficient (Wildman–Crippen LogP) is 2.47. The van der Waals surface area contributed by atoms with Gasteiger partial charge in [0.2, 0.25) is 0 Å². The van der Waals surface area contributed by atoms with Gasteiger partial charge < -0.3 is 4.42 Å². The number of rotatable bonds is 3. The van der Waals surface area contributed by atoms with Gasteiger partial charge in [-0.15, -0.1) is 0 Å². The van der Waals surface area contributed by atoms with Crippen LogP contribution in [0.4, 0.5) is 0 Å². The van der Waals surface area contributed by atoms with Gasteiger partial charge in [-0.3, -0.25) is 14.1 Å². The van der Waals surface area contributed by atoms with E-state index in [-0.39, 0.29) is 11.8 Å². The zero-order chi connectivity index (χ0) is 16.7. The van der Waals surface area contributed by atoms with Crippen LogP contribution in [0, 0.1) is 6.92 Å². The van der Waals surface area contributed by atoms with Crippen LogP contribution in [0.25, 0.3) is 11.1 Å². The van der Waals surface area contributed by atoms with E-state index < -0.39 is 0 Å². The molecule has 126 valence electrons. The Morgan fingerprint density at radius 2 is 2.17 bits per heavy atom. The molecule has 0 saturated carbocycles. The molecule has 1 aromatic carbocycles. The van der Waals surface area contributed by atoms with Gasteiger partial charge in [-0.2, -0.15) is 5.10 Å². The molecular weight excluding hydrogens is 304 g/mol. The quantitative estimate of drug-likeness (QED) is 0.742. The molecule has 3 aromatic rings. The first kappa shape index (κ1) is 15.2. The van der Waals surface area contributed by atoms with Crippen LogP contribution >= 0.6 is 0 Å². The van der Waals surface area contributed by atoms with Gasteiger partial charge in [0.1, 0.15) is 0 Å². The zero-order valence-corrected chi connectivity index (χ0v) is 14.1. The Kier molecular flexibility index (Phi) is 3.76. The van der Waals surface area contributed by atoms with Crippen LogP contribution in [-0.4, -0.2) is 32.3 Å². The average Bonchev–Trinajstić information content (AvgIpc) is 3.08. The minimum Gasteiger partial charge on any atom is -0.408 e. The lowest BCUT2D eigenvalue weighted by Gasteiger charge is -2.32. The third kappa shape index (κ3) is 2.57. The molecule has 1 aliphatic rings. The summed E-state index contributed by atoms with van der Waals surface area (Å²) in [4.78, 5) is 14.7. The molecule has 3 heterocycles. The fraction of sp³-hybridized carbons (Fsp3) is 0.444. The average molecular weight is 326 g/mol. The molecule has 6 heteroatoms. The third-order valence-corrected chi connectivity index (χ3v) is 5.10. The first-order valence-corrected chi connectivity index (χ1v) is 8.43. The van der Waals surface area contributed by atoms with Gasteiger partial charge in [0.05, 0.1) is 17.8 Å². The summed E-state index contributed by atoms with van der Waals surface area (Å²) in [5.74, 6) is -0.249. The van der Waals surface area contributed by atoms with Crippen LogP contribution in [0.2, 0.25) is 0 Å². The monoisotopic (exact) mass is 326 g/mol. The highest BCUT2D eigenvalue weighted by molar-refractivity contribution is 5.72. The Morgan fingerprint density at radius 1 is 1.33 bits per heavy atom. The summed E-state index contributed by atoms with van der Waals surface area (Å²) in [5.41, 5.74) is 4.01. The van der Waals surface area contributed by atoms with E-state index in [1.807, 2.05) is 46.8 Å². The molecule has 0 aliphatic carbocycles. The highest BCUT2D eigenvalue weighted by Crippen LogP contribution is 2.26. The van der Waals surface area contributed by atoms with Crippen LogP contribution in [0.1, 0.15) is 30.1 Å². The number of benzene rings is 1. The van der Waals surface area contributed by atoms with E-state index in [0.29, 0.717) is 5.58 Å². The normalized spacial score (nSPS) is 19.2. The number of hydrogen-bond acceptors (Lipinski definition) is 4. The summed E-state index contributed by atoms with van der Waals surface area (Å²) in [6, 6.07) is 7.82. The topological polar surface area (TPSA) is 56.2 Å². The fourth-order valence-electron chi connectivity index (χ4n) is 3.66. The van der Waals surface area contributed by atoms with E-state index in [4.69, 9.17) is 4.42 Å². The number of piperidine rings is 1. The van der Waals surface area contributed by atoms with E-state index in [9.17, 15) is 4.79 Å². The largest absolute Gasteiger partial charge is 0.420 e. The van der Waals surface area contributed by atoms with Crippen LogP contribution in [0.5, 0.6) is 0 Å². The number of likely N-dealkylation sites (tertiary alicyclic amines) is 1. The lowest BCUT2D eigenvalue weighted by molar-refractivity contribution is 0.167. The lowest BCUT2D eigenvalue weighted by Crippen LogP contribution is -2.38. The second-order valence-corrected chi connectivity index (χ2v) is 6.62. The molecule has 0 unspecified atom stereocenters. The van der Waals surface area contributed by atoms with E-state index in [1.54, 1.807) is 0 Å². The second-order valence-electron chi connectivity index (χ2n) is 6.62. The minimum absolute atomic E-state index is 0.159. The van der Waals surface area contributed by atoms with E-state index >= 15 is 0 Å². The summed E-state index contributed by atoms with van der Waals surface area (Å²) < 4.78 is 9.14. The molecule has 1 fully saturated rings. The number of aryl methyl sites for hydroxylation is 1. The Hall–Kier alpha value is -2.34. The molecule has 0 bridgehead atoms. The number of hydrogen-bond donors (Lipinski definition) is 0. The van der Waals surface area contributed by atoms with Crippen molar-refractivity contribution in [2.24, 2.45) is 7.05 Å². The SMILES string of the molecule is Cc1c(CN2CCC[C@H](n3c(=O)oc4ccccc43)C2)cnn1C. The summed E-state index contributed by atoms with van der Waals surface area (Å²) in [5, 5.41) is 4.33. The Balaban J connectivity index is 1.59. The summed E-state index contributed by atoms with van der Waals surface area (Å²) in [6.45, 7) is 4.88. The van der Waals surface area contributed by atoms with Crippen LogP contribution in [-0.2, 0) is 13.6 Å². The second kappa shape index (κ2) is 5.94. The van der Waals surface area contributed by atoms with Gasteiger partial charge in [0.25, 0.3) is 0 Å². The molecule has 6 nitrogen and oxygen atoms in total. The molecule has 0 radical (unpaired) electrons. The molecule has 0 amide bonds. The molecule has 2 aromatic heterocycles. The van der Waals surface area contributed by atoms with E-state index in [2.05, 4.69) is 16.9 Å². The lowest BCUT2D eigenvalue weighted by atomic mass is 10.0. The Labute approximate surface area is 140 Å². The highest BCUT2D eigenvalue weighted by atomic mass is 16.4. The Bertz CT molecular complexity index is 921. The van der Waals surface area contributed by atoms with E-state index in [0.717, 1.165) is 38.0 Å². The summed E-state index contributed by atoms with van der Waals surface area (Å²) in [7, 11) is 1.97. The first-order chi connectivity index (χ1) is 11.6. The van der Waals surface area contributed by atoms with Crippen molar-refractivity contribution in [3.05, 3.63) is 52.3 Å². The number of aromatic nitrogens is 3. The van der Waals surface area contributed by atoms with Crippen molar-refractivity contribution in [1.29, 1.82) is 0 Å². The number of oxazole rings is 1. The molecule has 1 aliphatic heterocycles. The van der Waals surface area contributed by atoms with Gasteiger partial charge in [-0.1, -0.05) is 12.1 Å². The summed E-state index contributed by atoms with van der Waals surface area (Å²) in [6.07, 6.45) is 4.03. The van der Waals surface area contributed by atoms with Crippen molar-refractivity contribution < 1.29 is 4.42 Å². The van der Waals surface area contributed by atoms with Gasteiger partial charge >= 0.3 is 5.76 Å². The molecule has 0 N–H and O–H groups in total. The van der Waals surface area contributed by atoms with Crippen LogP contribution < -0.4 is 5.76 Å². The maximum Gasteiger partial charge on any atom is 0.420 e. The first-order valence-electron chi connectivity index (χ1n) is 8.43. The molecular formula is C18H22N4O2. The molecule has 4 rings (SSSR count). The van der Waals surface area contributed by atoms with Gasteiger partial charge in [0, 0.05) is 31.4 Å². The molecule has 0 spiro atoms. The highest BCUT2D eigenvalue weighted by Gasteiger charge is 2.25. The van der Waals surface area contributed by atoms with Crippen molar-refractivity contribution in [3.8, 4) is 0 Å². The minimum atomic E-state index is -0.249. The van der Waals surface area contributed by atoms with Crippen LogP contribution in [0.3, 0.4) is 0 Å². The number of para-hydroxylation sites is 2. The number of nitrogens with zero attached hydrogens (tertiary/aromatic N) is 4. The predicted molar refractivity (Wildman–Crippen MR) is 92.0 cm³/mol. The smallest absolute Gasteiger partial charge is 0.408 e. The van der Waals surface area contributed by atoms with Crippen LogP contribution in [0.15, 0.2) is 39.7 Å². The zero-order valence-electron chi connectivity index (χ0n) is 14.1. The van der Waals surface area contributed by atoms with Crippen molar-refractivity contribution in [2.75, 3.05) is 13.1 Å². The Morgan fingerprint density at radius 3 is 2.96 bits per heavy atom. The van der Waals surface area contributed by atoms with Crippen molar-refractivity contribution in [3.63, 3.8) is 0 Å². The number of fused-ring (bicyclic) bond motifs is 1. The maximum absolute atomic E-state index is 12.3. The maximum atomic E-state index is 12.3. The molecule has 1 atom stereocenters. The van der Waals surface area contributed by atoms with Crippen molar-refractivity contribution >= 4 is 11.1 Å². The molecule has 1 saturated heterocycles. The van der Waals surface area contributed by atoms with Crippen molar-refractivity contribution in [1.82, 2.24) is 19.2 Å². The standard InChI is InChI=1S/C18H22N4O2/c1-13-14(10-19-20(13)2)11-21-9-5-6-15(12-21)22-16-7-3-4-8-17(16)24-18(22)23/h3-4,7-8,10,15H,5-6,9,11-12H2,1-2H3/t15-/m0/s1.